The number of ether oxygens (including phenoxy) is 1. The normalized spacial score (nSPS) is 16.4. The van der Waals surface area contributed by atoms with Crippen LogP contribution in [0.1, 0.15) is 12.0 Å². The van der Waals surface area contributed by atoms with Crippen LogP contribution in [-0.2, 0) is 9.63 Å². The summed E-state index contributed by atoms with van der Waals surface area (Å²) in [5.41, 5.74) is 2.32. The summed E-state index contributed by atoms with van der Waals surface area (Å²) in [7, 11) is 1.61. The Labute approximate surface area is 138 Å². The Morgan fingerprint density at radius 1 is 1.22 bits per heavy atom. The van der Waals surface area contributed by atoms with Crippen LogP contribution in [-0.4, -0.2) is 24.8 Å². The van der Waals surface area contributed by atoms with Gasteiger partial charge in [0.1, 0.15) is 5.75 Å². The van der Waals surface area contributed by atoms with Gasteiger partial charge in [0, 0.05) is 17.1 Å². The Morgan fingerprint density at radius 3 is 2.57 bits per heavy atom. The SMILES string of the molecule is COc1ccc(C2=NO[C@@H](C(=O)Nc3ccc(Cl)cc3)C2)cc1. The van der Waals surface area contributed by atoms with E-state index in [0.717, 1.165) is 17.0 Å². The standard InChI is InChI=1S/C17H15ClN2O3/c1-22-14-8-2-11(3-9-14)15-10-16(23-20-15)17(21)19-13-6-4-12(18)5-7-13/h2-9,16H,10H2,1H3,(H,19,21)/t16-/m1/s1. The third-order valence-corrected chi connectivity index (χ3v) is 3.75. The second-order valence-corrected chi connectivity index (χ2v) is 5.50. The monoisotopic (exact) mass is 330 g/mol. The summed E-state index contributed by atoms with van der Waals surface area (Å²) < 4.78 is 5.12. The molecule has 5 nitrogen and oxygen atoms in total. The van der Waals surface area contributed by atoms with Gasteiger partial charge in [0.25, 0.3) is 5.91 Å². The van der Waals surface area contributed by atoms with E-state index >= 15 is 0 Å². The number of methoxy groups -OCH3 is 1. The molecule has 1 aliphatic heterocycles. The van der Waals surface area contributed by atoms with Crippen molar-refractivity contribution in [2.24, 2.45) is 5.16 Å². The smallest absolute Gasteiger partial charge is 0.268 e. The summed E-state index contributed by atoms with van der Waals surface area (Å²) in [6.07, 6.45) is -0.214. The fraction of sp³-hybridized carbons (Fsp3) is 0.176. The van der Waals surface area contributed by atoms with Crippen LogP contribution < -0.4 is 10.1 Å². The van der Waals surface area contributed by atoms with Gasteiger partial charge in [-0.15, -0.1) is 0 Å². The Kier molecular flexibility index (Phi) is 4.48. The van der Waals surface area contributed by atoms with Crippen molar-refractivity contribution in [1.82, 2.24) is 0 Å². The molecule has 0 aromatic heterocycles. The van der Waals surface area contributed by atoms with Crippen molar-refractivity contribution in [3.05, 3.63) is 59.1 Å². The van der Waals surface area contributed by atoms with Crippen LogP contribution in [0.2, 0.25) is 5.02 Å². The average molecular weight is 331 g/mol. The van der Waals surface area contributed by atoms with Gasteiger partial charge < -0.3 is 14.9 Å². The van der Waals surface area contributed by atoms with Gasteiger partial charge in [-0.3, -0.25) is 4.79 Å². The van der Waals surface area contributed by atoms with Crippen LogP contribution >= 0.6 is 11.6 Å². The van der Waals surface area contributed by atoms with Gasteiger partial charge in [-0.2, -0.15) is 0 Å². The molecule has 2 aromatic rings. The number of nitrogens with one attached hydrogen (secondary N) is 1. The molecule has 0 saturated heterocycles. The molecule has 1 aliphatic rings. The number of hydrogen-bond acceptors (Lipinski definition) is 4. The molecular formula is C17H15ClN2O3. The van der Waals surface area contributed by atoms with Crippen LogP contribution in [0.25, 0.3) is 0 Å². The fourth-order valence-electron chi connectivity index (χ4n) is 2.23. The molecule has 0 fully saturated rings. The largest absolute Gasteiger partial charge is 0.497 e. The summed E-state index contributed by atoms with van der Waals surface area (Å²) in [6.45, 7) is 0. The molecule has 0 aliphatic carbocycles. The zero-order valence-electron chi connectivity index (χ0n) is 12.5. The zero-order valence-corrected chi connectivity index (χ0v) is 13.2. The van der Waals surface area contributed by atoms with Gasteiger partial charge in [-0.05, 0) is 54.1 Å². The Bertz CT molecular complexity index is 727. The van der Waals surface area contributed by atoms with Gasteiger partial charge in [0.05, 0.1) is 12.8 Å². The lowest BCUT2D eigenvalue weighted by Crippen LogP contribution is -2.28. The first-order valence-corrected chi connectivity index (χ1v) is 7.47. The van der Waals surface area contributed by atoms with Gasteiger partial charge in [0.2, 0.25) is 6.10 Å². The van der Waals surface area contributed by atoms with E-state index in [9.17, 15) is 4.79 Å². The van der Waals surface area contributed by atoms with E-state index in [1.807, 2.05) is 24.3 Å². The number of oxime groups is 1. The second-order valence-electron chi connectivity index (χ2n) is 5.06. The molecule has 1 atom stereocenters. The number of rotatable bonds is 4. The lowest BCUT2D eigenvalue weighted by atomic mass is 10.0. The third kappa shape index (κ3) is 3.63. The molecule has 6 heteroatoms. The van der Waals surface area contributed by atoms with E-state index in [1.54, 1.807) is 31.4 Å². The topological polar surface area (TPSA) is 59.9 Å². The molecule has 1 N–H and O–H groups in total. The minimum atomic E-state index is -0.636. The maximum Gasteiger partial charge on any atom is 0.268 e. The second kappa shape index (κ2) is 6.71. The van der Waals surface area contributed by atoms with Crippen LogP contribution in [0.4, 0.5) is 5.69 Å². The first-order chi connectivity index (χ1) is 11.2. The van der Waals surface area contributed by atoms with Crippen molar-refractivity contribution in [2.75, 3.05) is 12.4 Å². The van der Waals surface area contributed by atoms with E-state index in [1.165, 1.54) is 0 Å². The summed E-state index contributed by atoms with van der Waals surface area (Å²) >= 11 is 5.82. The molecule has 0 saturated carbocycles. The Hall–Kier alpha value is -2.53. The lowest BCUT2D eigenvalue weighted by molar-refractivity contribution is -0.125. The first kappa shape index (κ1) is 15.4. The summed E-state index contributed by atoms with van der Waals surface area (Å²) in [6, 6.07) is 14.4. The Morgan fingerprint density at radius 2 is 1.91 bits per heavy atom. The molecule has 23 heavy (non-hydrogen) atoms. The number of benzene rings is 2. The first-order valence-electron chi connectivity index (χ1n) is 7.09. The number of amides is 1. The number of carbonyl (C=O) groups excluding carboxylic acids is 1. The highest BCUT2D eigenvalue weighted by Crippen LogP contribution is 2.21. The van der Waals surface area contributed by atoms with E-state index in [2.05, 4.69) is 10.5 Å². The molecule has 118 valence electrons. The molecular weight excluding hydrogens is 316 g/mol. The number of nitrogens with zero attached hydrogens (tertiary/aromatic N) is 1. The molecule has 2 aromatic carbocycles. The highest BCUT2D eigenvalue weighted by atomic mass is 35.5. The number of halogens is 1. The molecule has 1 heterocycles. The van der Waals surface area contributed by atoms with Crippen molar-refractivity contribution in [3.8, 4) is 5.75 Å². The number of hydrogen-bond donors (Lipinski definition) is 1. The molecule has 0 unspecified atom stereocenters. The van der Waals surface area contributed by atoms with Crippen molar-refractivity contribution >= 4 is 28.9 Å². The van der Waals surface area contributed by atoms with E-state index < -0.39 is 6.10 Å². The van der Waals surface area contributed by atoms with Crippen molar-refractivity contribution in [1.29, 1.82) is 0 Å². The summed E-state index contributed by atoms with van der Waals surface area (Å²) in [5.74, 6) is 0.532. The number of carbonyl (C=O) groups is 1. The lowest BCUT2D eigenvalue weighted by Gasteiger charge is -2.09. The van der Waals surface area contributed by atoms with Gasteiger partial charge in [-0.1, -0.05) is 16.8 Å². The zero-order chi connectivity index (χ0) is 16.2. The summed E-state index contributed by atoms with van der Waals surface area (Å²) in [4.78, 5) is 17.5. The molecule has 3 rings (SSSR count). The third-order valence-electron chi connectivity index (χ3n) is 3.50. The highest BCUT2D eigenvalue weighted by Gasteiger charge is 2.28. The molecule has 0 bridgehead atoms. The van der Waals surface area contributed by atoms with E-state index in [4.69, 9.17) is 21.2 Å². The number of anilines is 1. The van der Waals surface area contributed by atoms with Crippen LogP contribution in [0.5, 0.6) is 5.75 Å². The summed E-state index contributed by atoms with van der Waals surface area (Å²) in [5, 5.41) is 7.41. The minimum Gasteiger partial charge on any atom is -0.497 e. The maximum absolute atomic E-state index is 12.2. The van der Waals surface area contributed by atoms with Crippen molar-refractivity contribution < 1.29 is 14.4 Å². The van der Waals surface area contributed by atoms with E-state index in [-0.39, 0.29) is 5.91 Å². The molecule has 0 spiro atoms. The predicted octanol–water partition coefficient (Wildman–Crippen LogP) is 3.48. The fourth-order valence-corrected chi connectivity index (χ4v) is 2.35. The molecule has 1 amide bonds. The van der Waals surface area contributed by atoms with Gasteiger partial charge in [-0.25, -0.2) is 0 Å². The van der Waals surface area contributed by atoms with Crippen molar-refractivity contribution in [3.63, 3.8) is 0 Å². The van der Waals surface area contributed by atoms with E-state index in [0.29, 0.717) is 17.1 Å². The average Bonchev–Trinajstić information content (AvgIpc) is 3.07. The van der Waals surface area contributed by atoms with Crippen LogP contribution in [0.3, 0.4) is 0 Å². The predicted molar refractivity (Wildman–Crippen MR) is 89.1 cm³/mol. The van der Waals surface area contributed by atoms with Crippen LogP contribution in [0, 0.1) is 0 Å². The van der Waals surface area contributed by atoms with Gasteiger partial charge in [0.15, 0.2) is 0 Å². The van der Waals surface area contributed by atoms with Crippen LogP contribution in [0.15, 0.2) is 53.7 Å². The Balaban J connectivity index is 1.61. The maximum atomic E-state index is 12.2. The quantitative estimate of drug-likeness (QED) is 0.933. The minimum absolute atomic E-state index is 0.236. The van der Waals surface area contributed by atoms with Gasteiger partial charge >= 0.3 is 0 Å². The van der Waals surface area contributed by atoms with Crippen molar-refractivity contribution in [2.45, 2.75) is 12.5 Å². The molecule has 0 radical (unpaired) electrons. The highest BCUT2D eigenvalue weighted by molar-refractivity contribution is 6.30.